The summed E-state index contributed by atoms with van der Waals surface area (Å²) in [5, 5.41) is 10.4. The smallest absolute Gasteiger partial charge is 0.253 e. The van der Waals surface area contributed by atoms with Gasteiger partial charge in [-0.25, -0.2) is 0 Å². The third-order valence-corrected chi connectivity index (χ3v) is 4.56. The van der Waals surface area contributed by atoms with Gasteiger partial charge in [0.25, 0.3) is 5.91 Å². The number of amides is 1. The van der Waals surface area contributed by atoms with Crippen LogP contribution >= 0.6 is 23.2 Å². The average molecular weight is 360 g/mol. The molecular formula is C18H15Cl2N3O. The molecule has 3 rings (SSSR count). The lowest BCUT2D eigenvalue weighted by molar-refractivity contribution is 0.0747. The standard InChI is InChI=1S/C18H15Cl2N3O/c19-15-3-1-13(2-4-15)18(24)23-9-7-22(8-10-23)17-6-5-16(20)11-14(17)12-21/h1-6,11H,7-10H2. The first-order chi connectivity index (χ1) is 11.6. The molecule has 0 bridgehead atoms. The van der Waals surface area contributed by atoms with E-state index in [0.29, 0.717) is 47.4 Å². The van der Waals surface area contributed by atoms with Crippen molar-refractivity contribution in [3.63, 3.8) is 0 Å². The molecule has 1 amide bonds. The van der Waals surface area contributed by atoms with Gasteiger partial charge in [-0.3, -0.25) is 4.79 Å². The van der Waals surface area contributed by atoms with Crippen LogP contribution in [0.4, 0.5) is 5.69 Å². The summed E-state index contributed by atoms with van der Waals surface area (Å²) in [7, 11) is 0. The molecule has 0 unspecified atom stereocenters. The molecule has 0 aromatic heterocycles. The van der Waals surface area contributed by atoms with Crippen molar-refractivity contribution in [2.75, 3.05) is 31.1 Å². The second-order valence-electron chi connectivity index (χ2n) is 5.56. The molecule has 1 heterocycles. The quantitative estimate of drug-likeness (QED) is 0.818. The molecular weight excluding hydrogens is 345 g/mol. The number of carbonyl (C=O) groups is 1. The Morgan fingerprint density at radius 2 is 1.58 bits per heavy atom. The van der Waals surface area contributed by atoms with E-state index in [4.69, 9.17) is 23.2 Å². The zero-order valence-corrected chi connectivity index (χ0v) is 14.4. The summed E-state index contributed by atoms with van der Waals surface area (Å²) in [5.41, 5.74) is 2.05. The van der Waals surface area contributed by atoms with E-state index in [9.17, 15) is 10.1 Å². The van der Waals surface area contributed by atoms with E-state index in [1.165, 1.54) is 0 Å². The fraction of sp³-hybridized carbons (Fsp3) is 0.222. The fourth-order valence-electron chi connectivity index (χ4n) is 2.80. The SMILES string of the molecule is N#Cc1cc(Cl)ccc1N1CCN(C(=O)c2ccc(Cl)cc2)CC1. The summed E-state index contributed by atoms with van der Waals surface area (Å²) in [5.74, 6) is 0.00271. The fourth-order valence-corrected chi connectivity index (χ4v) is 3.10. The van der Waals surface area contributed by atoms with Crippen LogP contribution < -0.4 is 4.90 Å². The third-order valence-electron chi connectivity index (χ3n) is 4.08. The first-order valence-corrected chi connectivity index (χ1v) is 8.33. The Morgan fingerprint density at radius 3 is 2.21 bits per heavy atom. The number of halogens is 2. The Balaban J connectivity index is 1.69. The van der Waals surface area contributed by atoms with Gasteiger partial charge in [0.2, 0.25) is 0 Å². The zero-order chi connectivity index (χ0) is 17.1. The van der Waals surface area contributed by atoms with Gasteiger partial charge in [0.1, 0.15) is 6.07 Å². The maximum Gasteiger partial charge on any atom is 0.253 e. The number of nitriles is 1. The summed E-state index contributed by atoms with van der Waals surface area (Å²) >= 11 is 11.8. The number of hydrogen-bond acceptors (Lipinski definition) is 3. The summed E-state index contributed by atoms with van der Waals surface area (Å²) in [6, 6.07) is 14.4. The van der Waals surface area contributed by atoms with E-state index in [2.05, 4.69) is 11.0 Å². The van der Waals surface area contributed by atoms with Crippen LogP contribution in [0.25, 0.3) is 0 Å². The van der Waals surface area contributed by atoms with Crippen molar-refractivity contribution in [2.24, 2.45) is 0 Å². The number of carbonyl (C=O) groups excluding carboxylic acids is 1. The van der Waals surface area contributed by atoms with E-state index in [1.54, 1.807) is 36.4 Å². The van der Waals surface area contributed by atoms with Crippen molar-refractivity contribution in [3.05, 3.63) is 63.6 Å². The highest BCUT2D eigenvalue weighted by Crippen LogP contribution is 2.25. The highest BCUT2D eigenvalue weighted by Gasteiger charge is 2.23. The number of nitrogens with zero attached hydrogens (tertiary/aromatic N) is 3. The average Bonchev–Trinajstić information content (AvgIpc) is 2.62. The predicted octanol–water partition coefficient (Wildman–Crippen LogP) is 3.83. The zero-order valence-electron chi connectivity index (χ0n) is 12.9. The Labute approximate surface area is 150 Å². The minimum atomic E-state index is 0.00271. The molecule has 2 aromatic rings. The number of anilines is 1. The van der Waals surface area contributed by atoms with Crippen molar-refractivity contribution in [2.45, 2.75) is 0 Å². The van der Waals surface area contributed by atoms with Gasteiger partial charge in [-0.15, -0.1) is 0 Å². The number of benzene rings is 2. The van der Waals surface area contributed by atoms with Gasteiger partial charge < -0.3 is 9.80 Å². The summed E-state index contributed by atoms with van der Waals surface area (Å²) < 4.78 is 0. The van der Waals surface area contributed by atoms with E-state index >= 15 is 0 Å². The molecule has 0 saturated carbocycles. The van der Waals surface area contributed by atoms with Gasteiger partial charge >= 0.3 is 0 Å². The van der Waals surface area contributed by atoms with Gasteiger partial charge in [-0.05, 0) is 42.5 Å². The summed E-state index contributed by atoms with van der Waals surface area (Å²) in [6.07, 6.45) is 0. The lowest BCUT2D eigenvalue weighted by Crippen LogP contribution is -2.49. The van der Waals surface area contributed by atoms with Crippen LogP contribution in [0.5, 0.6) is 0 Å². The van der Waals surface area contributed by atoms with Crippen molar-refractivity contribution >= 4 is 34.8 Å². The van der Waals surface area contributed by atoms with Crippen molar-refractivity contribution < 1.29 is 4.79 Å². The highest BCUT2D eigenvalue weighted by atomic mass is 35.5. The van der Waals surface area contributed by atoms with Gasteiger partial charge in [-0.1, -0.05) is 23.2 Å². The molecule has 0 atom stereocenters. The predicted molar refractivity (Wildman–Crippen MR) is 95.7 cm³/mol. The van der Waals surface area contributed by atoms with Crippen molar-refractivity contribution in [1.82, 2.24) is 4.90 Å². The maximum atomic E-state index is 12.5. The monoisotopic (exact) mass is 359 g/mol. The van der Waals surface area contributed by atoms with Crippen LogP contribution in [0.15, 0.2) is 42.5 Å². The second-order valence-corrected chi connectivity index (χ2v) is 6.43. The molecule has 2 aromatic carbocycles. The normalized spacial score (nSPS) is 14.4. The van der Waals surface area contributed by atoms with Crippen LogP contribution in [0.2, 0.25) is 10.0 Å². The summed E-state index contributed by atoms with van der Waals surface area (Å²) in [6.45, 7) is 2.56. The first-order valence-electron chi connectivity index (χ1n) is 7.58. The van der Waals surface area contributed by atoms with Gasteiger partial charge in [0, 0.05) is 41.8 Å². The largest absolute Gasteiger partial charge is 0.367 e. The molecule has 6 heteroatoms. The van der Waals surface area contributed by atoms with Crippen molar-refractivity contribution in [1.29, 1.82) is 5.26 Å². The van der Waals surface area contributed by atoms with Crippen LogP contribution in [0.1, 0.15) is 15.9 Å². The van der Waals surface area contributed by atoms with E-state index in [0.717, 1.165) is 5.69 Å². The van der Waals surface area contributed by atoms with Crippen LogP contribution in [0, 0.1) is 11.3 Å². The van der Waals surface area contributed by atoms with Crippen LogP contribution in [-0.4, -0.2) is 37.0 Å². The van der Waals surface area contributed by atoms with E-state index in [-0.39, 0.29) is 5.91 Å². The molecule has 24 heavy (non-hydrogen) atoms. The van der Waals surface area contributed by atoms with Gasteiger partial charge in [-0.2, -0.15) is 5.26 Å². The lowest BCUT2D eigenvalue weighted by Gasteiger charge is -2.36. The number of piperazine rings is 1. The highest BCUT2D eigenvalue weighted by molar-refractivity contribution is 6.31. The molecule has 1 aliphatic rings. The Bertz CT molecular complexity index is 791. The minimum Gasteiger partial charge on any atom is -0.367 e. The molecule has 1 aliphatic heterocycles. The molecule has 1 fully saturated rings. The molecule has 0 radical (unpaired) electrons. The second kappa shape index (κ2) is 7.12. The van der Waals surface area contributed by atoms with Gasteiger partial charge in [0.15, 0.2) is 0 Å². The summed E-state index contributed by atoms with van der Waals surface area (Å²) in [4.78, 5) is 16.4. The lowest BCUT2D eigenvalue weighted by atomic mass is 10.1. The number of hydrogen-bond donors (Lipinski definition) is 0. The van der Waals surface area contributed by atoms with E-state index < -0.39 is 0 Å². The Kier molecular flexibility index (Phi) is 4.94. The van der Waals surface area contributed by atoms with Gasteiger partial charge in [0.05, 0.1) is 11.3 Å². The number of rotatable bonds is 2. The van der Waals surface area contributed by atoms with Crippen LogP contribution in [-0.2, 0) is 0 Å². The Morgan fingerprint density at radius 1 is 0.958 bits per heavy atom. The molecule has 0 N–H and O–H groups in total. The molecule has 122 valence electrons. The molecule has 0 spiro atoms. The molecule has 0 aliphatic carbocycles. The van der Waals surface area contributed by atoms with Crippen molar-refractivity contribution in [3.8, 4) is 6.07 Å². The van der Waals surface area contributed by atoms with Crippen LogP contribution in [0.3, 0.4) is 0 Å². The topological polar surface area (TPSA) is 47.3 Å². The molecule has 1 saturated heterocycles. The minimum absolute atomic E-state index is 0.00271. The van der Waals surface area contributed by atoms with E-state index in [1.807, 2.05) is 11.0 Å². The maximum absolute atomic E-state index is 12.5. The first kappa shape index (κ1) is 16.6. The Hall–Kier alpha value is -2.22. The third kappa shape index (κ3) is 3.48. The molecule has 4 nitrogen and oxygen atoms in total.